The molecule has 0 aliphatic heterocycles. The molecule has 4 aromatic heterocycles. The number of nitrogens with one attached hydrogen (secondary N) is 3. The molecule has 0 aliphatic rings. The number of fused-ring (bicyclic) bond motifs is 1. The Bertz CT molecular complexity index is 1600. The average Bonchev–Trinajstić information content (AvgIpc) is 3.36. The lowest BCUT2D eigenvalue weighted by atomic mass is 10.1. The Morgan fingerprint density at radius 1 is 0.872 bits per heavy atom. The first-order chi connectivity index (χ1) is 18.8. The molecule has 0 aliphatic carbocycles. The lowest BCUT2D eigenvalue weighted by Crippen LogP contribution is -2.16. The van der Waals surface area contributed by atoms with Gasteiger partial charge in [0.05, 0.1) is 13.0 Å². The Morgan fingerprint density at radius 3 is 2.36 bits per heavy atom. The highest BCUT2D eigenvalue weighted by molar-refractivity contribution is 5.92. The fraction of sp³-hybridized carbons (Fsp3) is 0.143. The number of aliphatic hydroxyl groups is 1. The SMILES string of the molecule is O=C(Cc1ccc(-c2cnc3[nH]c(-c4ccc(NCCO)cc4)cc3c2)cn1)Nc1ccnc(C(F)(F)F)c1. The van der Waals surface area contributed by atoms with Crippen LogP contribution in [0.5, 0.6) is 0 Å². The molecule has 0 saturated heterocycles. The van der Waals surface area contributed by atoms with Crippen molar-refractivity contribution in [2.45, 2.75) is 12.6 Å². The second-order valence-electron chi connectivity index (χ2n) is 8.76. The van der Waals surface area contributed by atoms with E-state index in [9.17, 15) is 18.0 Å². The van der Waals surface area contributed by atoms with Crippen molar-refractivity contribution in [2.24, 2.45) is 0 Å². The number of benzene rings is 1. The Morgan fingerprint density at radius 2 is 1.64 bits per heavy atom. The standard InChI is InChI=1S/C28H23F3N6O2/c29-28(30,31)25-13-23(7-8-33-25)36-26(39)14-22-6-3-18(15-34-22)20-11-19-12-24(37-27(19)35-16-20)17-1-4-21(5-2-17)32-9-10-38/h1-8,11-13,15-16,32,38H,9-10,14H2,(H,35,37)(H,33,36,39). The smallest absolute Gasteiger partial charge is 0.395 e. The summed E-state index contributed by atoms with van der Waals surface area (Å²) in [6.07, 6.45) is -0.336. The first kappa shape index (κ1) is 25.9. The van der Waals surface area contributed by atoms with Crippen LogP contribution in [0.1, 0.15) is 11.4 Å². The number of amides is 1. The predicted molar refractivity (Wildman–Crippen MR) is 142 cm³/mol. The zero-order valence-electron chi connectivity index (χ0n) is 20.5. The molecule has 4 N–H and O–H groups in total. The van der Waals surface area contributed by atoms with Gasteiger partial charge in [0, 0.05) is 64.4 Å². The highest BCUT2D eigenvalue weighted by Crippen LogP contribution is 2.29. The zero-order chi connectivity index (χ0) is 27.4. The minimum atomic E-state index is -4.60. The van der Waals surface area contributed by atoms with Gasteiger partial charge in [0.25, 0.3) is 0 Å². The molecule has 1 amide bonds. The lowest BCUT2D eigenvalue weighted by Gasteiger charge is -2.09. The normalized spacial score (nSPS) is 11.5. The summed E-state index contributed by atoms with van der Waals surface area (Å²) in [6.45, 7) is 0.548. The van der Waals surface area contributed by atoms with E-state index in [1.165, 1.54) is 6.07 Å². The molecule has 0 radical (unpaired) electrons. The van der Waals surface area contributed by atoms with E-state index in [1.54, 1.807) is 18.5 Å². The van der Waals surface area contributed by atoms with E-state index < -0.39 is 17.8 Å². The molecule has 0 unspecified atom stereocenters. The lowest BCUT2D eigenvalue weighted by molar-refractivity contribution is -0.141. The van der Waals surface area contributed by atoms with Crippen molar-refractivity contribution in [3.05, 3.63) is 90.6 Å². The number of hydrogen-bond acceptors (Lipinski definition) is 6. The minimum Gasteiger partial charge on any atom is -0.395 e. The summed E-state index contributed by atoms with van der Waals surface area (Å²) in [7, 11) is 0. The first-order valence-electron chi connectivity index (χ1n) is 12.0. The number of hydrogen-bond donors (Lipinski definition) is 4. The maximum atomic E-state index is 12.8. The molecule has 8 nitrogen and oxygen atoms in total. The van der Waals surface area contributed by atoms with Gasteiger partial charge in [-0.3, -0.25) is 14.8 Å². The molecular weight excluding hydrogens is 509 g/mol. The van der Waals surface area contributed by atoms with Crippen LogP contribution in [0.25, 0.3) is 33.4 Å². The molecule has 5 rings (SSSR count). The third-order valence-electron chi connectivity index (χ3n) is 5.94. The Kier molecular flexibility index (Phi) is 7.24. The third kappa shape index (κ3) is 6.21. The van der Waals surface area contributed by atoms with Crippen LogP contribution in [-0.2, 0) is 17.4 Å². The van der Waals surface area contributed by atoms with Crippen LogP contribution < -0.4 is 10.6 Å². The van der Waals surface area contributed by atoms with Crippen molar-refractivity contribution in [3.63, 3.8) is 0 Å². The zero-order valence-corrected chi connectivity index (χ0v) is 20.5. The number of pyridine rings is 3. The first-order valence-corrected chi connectivity index (χ1v) is 12.0. The molecule has 5 aromatic rings. The number of carbonyl (C=O) groups is 1. The molecule has 0 atom stereocenters. The van der Waals surface area contributed by atoms with E-state index in [-0.39, 0.29) is 18.7 Å². The summed E-state index contributed by atoms with van der Waals surface area (Å²) < 4.78 is 38.5. The van der Waals surface area contributed by atoms with Crippen molar-refractivity contribution < 1.29 is 23.1 Å². The fourth-order valence-corrected chi connectivity index (χ4v) is 4.03. The summed E-state index contributed by atoms with van der Waals surface area (Å²) in [4.78, 5) is 27.8. The predicted octanol–water partition coefficient (Wildman–Crippen LogP) is 5.29. The van der Waals surface area contributed by atoms with Crippen LogP contribution in [0.4, 0.5) is 24.5 Å². The summed E-state index contributed by atoms with van der Waals surface area (Å²) >= 11 is 0. The number of nitrogens with zero attached hydrogens (tertiary/aromatic N) is 3. The number of anilines is 2. The van der Waals surface area contributed by atoms with Gasteiger partial charge in [-0.2, -0.15) is 13.2 Å². The number of aliphatic hydroxyl groups excluding tert-OH is 1. The maximum absolute atomic E-state index is 12.8. The second-order valence-corrected chi connectivity index (χ2v) is 8.76. The maximum Gasteiger partial charge on any atom is 0.433 e. The number of aromatic amines is 1. The van der Waals surface area contributed by atoms with Gasteiger partial charge >= 0.3 is 6.18 Å². The molecule has 0 fully saturated rings. The number of rotatable bonds is 8. The Labute approximate surface area is 221 Å². The van der Waals surface area contributed by atoms with Crippen molar-refractivity contribution in [2.75, 3.05) is 23.8 Å². The quantitative estimate of drug-likeness (QED) is 0.216. The van der Waals surface area contributed by atoms with Crippen molar-refractivity contribution in [3.8, 4) is 22.4 Å². The summed E-state index contributed by atoms with van der Waals surface area (Å²) in [6, 6.07) is 17.4. The van der Waals surface area contributed by atoms with E-state index in [1.807, 2.05) is 42.5 Å². The number of aromatic nitrogens is 4. The van der Waals surface area contributed by atoms with Crippen molar-refractivity contribution >= 4 is 28.3 Å². The third-order valence-corrected chi connectivity index (χ3v) is 5.94. The highest BCUT2D eigenvalue weighted by atomic mass is 19.4. The molecular formula is C28H23F3N6O2. The largest absolute Gasteiger partial charge is 0.433 e. The summed E-state index contributed by atoms with van der Waals surface area (Å²) in [5.41, 5.74) is 4.63. The van der Waals surface area contributed by atoms with Gasteiger partial charge in [-0.25, -0.2) is 4.98 Å². The molecule has 1 aromatic carbocycles. The van der Waals surface area contributed by atoms with Crippen LogP contribution >= 0.6 is 0 Å². The Hall–Kier alpha value is -4.77. The Balaban J connectivity index is 1.26. The molecule has 11 heteroatoms. The van der Waals surface area contributed by atoms with Crippen LogP contribution in [0.2, 0.25) is 0 Å². The number of alkyl halides is 3. The van der Waals surface area contributed by atoms with Gasteiger partial charge in [-0.05, 0) is 48.0 Å². The van der Waals surface area contributed by atoms with Gasteiger partial charge in [-0.15, -0.1) is 0 Å². The second kappa shape index (κ2) is 10.9. The van der Waals surface area contributed by atoms with Gasteiger partial charge in [0.2, 0.25) is 5.91 Å². The van der Waals surface area contributed by atoms with E-state index in [4.69, 9.17) is 5.11 Å². The number of halogens is 3. The molecule has 4 heterocycles. The topological polar surface area (TPSA) is 116 Å². The van der Waals surface area contributed by atoms with Gasteiger partial charge < -0.3 is 20.7 Å². The van der Waals surface area contributed by atoms with Crippen molar-refractivity contribution in [1.82, 2.24) is 19.9 Å². The molecule has 0 bridgehead atoms. The van der Waals surface area contributed by atoms with Gasteiger partial charge in [-0.1, -0.05) is 18.2 Å². The number of H-pyrrole nitrogens is 1. The highest BCUT2D eigenvalue weighted by Gasteiger charge is 2.32. The van der Waals surface area contributed by atoms with Crippen LogP contribution in [0.15, 0.2) is 79.3 Å². The van der Waals surface area contributed by atoms with Gasteiger partial charge in [0.1, 0.15) is 11.3 Å². The van der Waals surface area contributed by atoms with E-state index in [2.05, 4.69) is 30.6 Å². The molecule has 0 saturated carbocycles. The monoisotopic (exact) mass is 532 g/mol. The summed E-state index contributed by atoms with van der Waals surface area (Å²) in [5, 5.41) is 15.4. The van der Waals surface area contributed by atoms with Crippen LogP contribution in [0.3, 0.4) is 0 Å². The fourth-order valence-electron chi connectivity index (χ4n) is 4.03. The molecule has 198 valence electrons. The minimum absolute atomic E-state index is 0.0125. The molecule has 39 heavy (non-hydrogen) atoms. The van der Waals surface area contributed by atoms with E-state index in [0.29, 0.717) is 12.2 Å². The molecule has 0 spiro atoms. The van der Waals surface area contributed by atoms with Crippen LogP contribution in [-0.4, -0.2) is 44.1 Å². The summed E-state index contributed by atoms with van der Waals surface area (Å²) in [5.74, 6) is -0.491. The van der Waals surface area contributed by atoms with Crippen molar-refractivity contribution in [1.29, 1.82) is 0 Å². The number of carbonyl (C=O) groups excluding carboxylic acids is 1. The van der Waals surface area contributed by atoms with Crippen LogP contribution in [0, 0.1) is 0 Å². The average molecular weight is 533 g/mol. The van der Waals surface area contributed by atoms with E-state index >= 15 is 0 Å². The van der Waals surface area contributed by atoms with Gasteiger partial charge in [0.15, 0.2) is 0 Å². The van der Waals surface area contributed by atoms with E-state index in [0.717, 1.165) is 51.4 Å².